The predicted octanol–water partition coefficient (Wildman–Crippen LogP) is 2.73. The lowest BCUT2D eigenvalue weighted by molar-refractivity contribution is 0.0946. The van der Waals surface area contributed by atoms with E-state index >= 15 is 0 Å². The Morgan fingerprint density at radius 3 is 2.58 bits per heavy atom. The lowest BCUT2D eigenvalue weighted by atomic mass is 10.0. The van der Waals surface area contributed by atoms with E-state index in [1.54, 1.807) is 18.0 Å². The summed E-state index contributed by atoms with van der Waals surface area (Å²) in [5.41, 5.74) is 1.80. The summed E-state index contributed by atoms with van der Waals surface area (Å²) in [6.07, 6.45) is 8.15. The number of rotatable bonds is 6. The Morgan fingerprint density at radius 1 is 1.19 bits per heavy atom. The summed E-state index contributed by atoms with van der Waals surface area (Å²) in [4.78, 5) is 15.8. The highest BCUT2D eigenvalue weighted by atomic mass is 32.2. The second-order valence-electron chi connectivity index (χ2n) is 7.19. The molecule has 1 amide bonds. The van der Waals surface area contributed by atoms with Gasteiger partial charge in [0.2, 0.25) is 0 Å². The summed E-state index contributed by atoms with van der Waals surface area (Å²) in [5.74, 6) is -0.0927. The SMILES string of the molecule is CSc1ccc(CN2CCC(n3cc(C(=O)NC4CC4)nn3)CC2)cc1. The Kier molecular flexibility index (Phi) is 5.26. The van der Waals surface area contributed by atoms with Gasteiger partial charge in [0.1, 0.15) is 0 Å². The number of nitrogens with zero attached hydrogens (tertiary/aromatic N) is 4. The molecule has 1 saturated carbocycles. The minimum absolute atomic E-state index is 0.0927. The van der Waals surface area contributed by atoms with Crippen LogP contribution >= 0.6 is 11.8 Å². The van der Waals surface area contributed by atoms with Gasteiger partial charge in [-0.2, -0.15) is 0 Å². The molecule has 2 aliphatic rings. The molecule has 138 valence electrons. The van der Waals surface area contributed by atoms with Gasteiger partial charge in [-0.25, -0.2) is 4.68 Å². The van der Waals surface area contributed by atoms with Crippen LogP contribution in [-0.2, 0) is 6.54 Å². The number of piperidine rings is 1. The third-order valence-electron chi connectivity index (χ3n) is 5.15. The van der Waals surface area contributed by atoms with Crippen LogP contribution in [0.15, 0.2) is 35.4 Å². The van der Waals surface area contributed by atoms with Crippen molar-refractivity contribution in [3.8, 4) is 0 Å². The van der Waals surface area contributed by atoms with Crippen molar-refractivity contribution in [2.75, 3.05) is 19.3 Å². The number of nitrogens with one attached hydrogen (secondary N) is 1. The van der Waals surface area contributed by atoms with E-state index in [0.29, 0.717) is 17.8 Å². The number of aromatic nitrogens is 3. The Labute approximate surface area is 158 Å². The fraction of sp³-hybridized carbons (Fsp3) is 0.526. The highest BCUT2D eigenvalue weighted by Crippen LogP contribution is 2.24. The molecule has 1 aliphatic carbocycles. The van der Waals surface area contributed by atoms with Crippen LogP contribution in [-0.4, -0.2) is 51.2 Å². The van der Waals surface area contributed by atoms with Gasteiger partial charge in [-0.3, -0.25) is 9.69 Å². The molecule has 0 bridgehead atoms. The first kappa shape index (κ1) is 17.5. The van der Waals surface area contributed by atoms with E-state index in [1.807, 2.05) is 4.68 Å². The van der Waals surface area contributed by atoms with Crippen molar-refractivity contribution in [3.05, 3.63) is 41.7 Å². The number of likely N-dealkylation sites (tertiary alicyclic amines) is 1. The average molecular weight is 372 g/mol. The third kappa shape index (κ3) is 4.27. The molecule has 7 heteroatoms. The molecular weight excluding hydrogens is 346 g/mol. The van der Waals surface area contributed by atoms with Gasteiger partial charge in [-0.05, 0) is 49.6 Å². The van der Waals surface area contributed by atoms with E-state index in [4.69, 9.17) is 0 Å². The van der Waals surface area contributed by atoms with Crippen LogP contribution in [0.5, 0.6) is 0 Å². The fourth-order valence-corrected chi connectivity index (χ4v) is 3.79. The molecule has 1 N–H and O–H groups in total. The summed E-state index contributed by atoms with van der Waals surface area (Å²) >= 11 is 1.77. The highest BCUT2D eigenvalue weighted by Gasteiger charge is 2.26. The van der Waals surface area contributed by atoms with Gasteiger partial charge in [0.25, 0.3) is 5.91 Å². The average Bonchev–Trinajstić information content (AvgIpc) is 3.34. The smallest absolute Gasteiger partial charge is 0.273 e. The number of carbonyl (C=O) groups excluding carboxylic acids is 1. The highest BCUT2D eigenvalue weighted by molar-refractivity contribution is 7.98. The maximum Gasteiger partial charge on any atom is 0.273 e. The minimum Gasteiger partial charge on any atom is -0.348 e. The first-order chi connectivity index (χ1) is 12.7. The van der Waals surface area contributed by atoms with Gasteiger partial charge in [0.05, 0.1) is 12.2 Å². The molecule has 0 unspecified atom stereocenters. The Balaban J connectivity index is 1.29. The van der Waals surface area contributed by atoms with E-state index in [-0.39, 0.29) is 5.91 Å². The van der Waals surface area contributed by atoms with Crippen LogP contribution in [0.25, 0.3) is 0 Å². The van der Waals surface area contributed by atoms with Crippen LogP contribution in [0.2, 0.25) is 0 Å². The van der Waals surface area contributed by atoms with Crippen molar-refractivity contribution in [2.45, 2.75) is 49.2 Å². The van der Waals surface area contributed by atoms with Gasteiger partial charge in [0.15, 0.2) is 5.69 Å². The molecule has 1 aliphatic heterocycles. The molecule has 1 saturated heterocycles. The summed E-state index contributed by atoms with van der Waals surface area (Å²) < 4.78 is 1.88. The lowest BCUT2D eigenvalue weighted by Crippen LogP contribution is -2.34. The van der Waals surface area contributed by atoms with E-state index < -0.39 is 0 Å². The van der Waals surface area contributed by atoms with E-state index in [9.17, 15) is 4.79 Å². The largest absolute Gasteiger partial charge is 0.348 e. The molecule has 0 spiro atoms. The molecule has 0 atom stereocenters. The van der Waals surface area contributed by atoms with E-state index in [2.05, 4.69) is 51.1 Å². The zero-order valence-electron chi connectivity index (χ0n) is 15.1. The van der Waals surface area contributed by atoms with Crippen LogP contribution in [0.4, 0.5) is 0 Å². The second-order valence-corrected chi connectivity index (χ2v) is 8.07. The normalized spacial score (nSPS) is 18.8. The van der Waals surface area contributed by atoms with Crippen molar-refractivity contribution in [3.63, 3.8) is 0 Å². The van der Waals surface area contributed by atoms with Crippen molar-refractivity contribution in [1.29, 1.82) is 0 Å². The number of hydrogen-bond acceptors (Lipinski definition) is 5. The van der Waals surface area contributed by atoms with Gasteiger partial charge >= 0.3 is 0 Å². The molecule has 26 heavy (non-hydrogen) atoms. The van der Waals surface area contributed by atoms with Gasteiger partial charge < -0.3 is 5.32 Å². The standard InChI is InChI=1S/C19H25N5OS/c1-26-17-6-2-14(3-7-17)12-23-10-8-16(9-11-23)24-13-18(21-22-24)19(25)20-15-4-5-15/h2-3,6-7,13,15-16H,4-5,8-12H2,1H3,(H,20,25). The molecule has 1 aromatic heterocycles. The van der Waals surface area contributed by atoms with Gasteiger partial charge in [0, 0.05) is 30.6 Å². The van der Waals surface area contributed by atoms with Crippen molar-refractivity contribution < 1.29 is 4.79 Å². The van der Waals surface area contributed by atoms with Crippen molar-refractivity contribution in [2.24, 2.45) is 0 Å². The number of benzene rings is 1. The summed E-state index contributed by atoms with van der Waals surface area (Å²) in [5, 5.41) is 11.2. The summed E-state index contributed by atoms with van der Waals surface area (Å²) in [6, 6.07) is 9.51. The second kappa shape index (κ2) is 7.80. The van der Waals surface area contributed by atoms with Gasteiger partial charge in [-0.1, -0.05) is 17.3 Å². The molecule has 2 aromatic rings. The zero-order chi connectivity index (χ0) is 17.9. The van der Waals surface area contributed by atoms with Crippen LogP contribution in [0.3, 0.4) is 0 Å². The Hall–Kier alpha value is -1.86. The Bertz CT molecular complexity index is 748. The molecular formula is C19H25N5OS. The number of thioether (sulfide) groups is 1. The first-order valence-corrected chi connectivity index (χ1v) is 10.5. The minimum atomic E-state index is -0.0927. The monoisotopic (exact) mass is 371 g/mol. The quantitative estimate of drug-likeness (QED) is 0.791. The first-order valence-electron chi connectivity index (χ1n) is 9.29. The van der Waals surface area contributed by atoms with Crippen molar-refractivity contribution >= 4 is 17.7 Å². The van der Waals surface area contributed by atoms with Crippen LogP contribution in [0.1, 0.15) is 47.8 Å². The van der Waals surface area contributed by atoms with Crippen molar-refractivity contribution in [1.82, 2.24) is 25.2 Å². The Morgan fingerprint density at radius 2 is 1.92 bits per heavy atom. The summed E-state index contributed by atoms with van der Waals surface area (Å²) in [7, 11) is 0. The summed E-state index contributed by atoms with van der Waals surface area (Å²) in [6.45, 7) is 3.07. The molecule has 2 heterocycles. The number of carbonyl (C=O) groups is 1. The molecule has 4 rings (SSSR count). The fourth-order valence-electron chi connectivity index (χ4n) is 3.38. The van der Waals surface area contributed by atoms with E-state index in [0.717, 1.165) is 45.3 Å². The third-order valence-corrected chi connectivity index (χ3v) is 5.90. The molecule has 0 radical (unpaired) electrons. The number of amides is 1. The maximum absolute atomic E-state index is 12.1. The topological polar surface area (TPSA) is 63.1 Å². The lowest BCUT2D eigenvalue weighted by Gasteiger charge is -2.31. The van der Waals surface area contributed by atoms with Gasteiger partial charge in [-0.15, -0.1) is 16.9 Å². The molecule has 1 aromatic carbocycles. The molecule has 2 fully saturated rings. The van der Waals surface area contributed by atoms with Crippen LogP contribution < -0.4 is 5.32 Å². The van der Waals surface area contributed by atoms with Crippen LogP contribution in [0, 0.1) is 0 Å². The van der Waals surface area contributed by atoms with E-state index in [1.165, 1.54) is 10.5 Å². The number of hydrogen-bond donors (Lipinski definition) is 1. The predicted molar refractivity (Wildman–Crippen MR) is 102 cm³/mol. The molecule has 6 nitrogen and oxygen atoms in total. The zero-order valence-corrected chi connectivity index (χ0v) is 15.9. The maximum atomic E-state index is 12.1.